The van der Waals surface area contributed by atoms with Crippen molar-refractivity contribution in [3.63, 3.8) is 0 Å². The van der Waals surface area contributed by atoms with Crippen LogP contribution in [-0.4, -0.2) is 72.8 Å². The van der Waals surface area contributed by atoms with Gasteiger partial charge in [-0.05, 0) is 43.4 Å². The predicted molar refractivity (Wildman–Crippen MR) is 106 cm³/mol. The minimum Gasteiger partial charge on any atom is -0.379 e. The van der Waals surface area contributed by atoms with Gasteiger partial charge in [-0.3, -0.25) is 4.57 Å². The van der Waals surface area contributed by atoms with E-state index in [9.17, 15) is 8.42 Å². The fraction of sp³-hybridized carbons (Fsp3) is 0.556. The van der Waals surface area contributed by atoms with E-state index in [0.717, 1.165) is 36.0 Å². The lowest BCUT2D eigenvalue weighted by Gasteiger charge is -2.26. The van der Waals surface area contributed by atoms with Crippen LogP contribution in [0.3, 0.4) is 0 Å². The molecule has 3 heterocycles. The summed E-state index contributed by atoms with van der Waals surface area (Å²) in [6.45, 7) is 3.13. The number of thioether (sulfide) groups is 1. The number of benzene rings is 1. The highest BCUT2D eigenvalue weighted by Crippen LogP contribution is 2.27. The van der Waals surface area contributed by atoms with E-state index in [-0.39, 0.29) is 11.0 Å². The van der Waals surface area contributed by atoms with Crippen molar-refractivity contribution in [1.29, 1.82) is 0 Å². The van der Waals surface area contributed by atoms with Gasteiger partial charge in [0, 0.05) is 25.3 Å². The molecule has 10 heteroatoms. The molecule has 1 aromatic heterocycles. The number of hydrogen-bond donors (Lipinski definition) is 0. The molecule has 8 nitrogen and oxygen atoms in total. The molecule has 2 aliphatic heterocycles. The number of aromatic nitrogens is 3. The summed E-state index contributed by atoms with van der Waals surface area (Å²) in [4.78, 5) is 0.286. The van der Waals surface area contributed by atoms with E-state index in [0.29, 0.717) is 32.8 Å². The maximum atomic E-state index is 12.8. The fourth-order valence-electron chi connectivity index (χ4n) is 3.52. The van der Waals surface area contributed by atoms with Gasteiger partial charge in [0.25, 0.3) is 0 Å². The lowest BCUT2D eigenvalue weighted by molar-refractivity contribution is 0.0730. The molecule has 0 unspecified atom stereocenters. The molecule has 0 aliphatic carbocycles. The molecule has 0 saturated carbocycles. The Morgan fingerprint density at radius 1 is 1.14 bits per heavy atom. The number of hydrogen-bond acceptors (Lipinski definition) is 7. The van der Waals surface area contributed by atoms with Gasteiger partial charge in [0.2, 0.25) is 10.0 Å². The molecular formula is C18H24N4O4S2. The minimum absolute atomic E-state index is 0.168. The molecule has 2 aromatic rings. The Hall–Kier alpha value is -1.46. The molecule has 1 aromatic carbocycles. The third-order valence-electron chi connectivity index (χ3n) is 5.03. The van der Waals surface area contributed by atoms with E-state index in [1.54, 1.807) is 24.3 Å². The van der Waals surface area contributed by atoms with Crippen LogP contribution in [0.5, 0.6) is 0 Å². The van der Waals surface area contributed by atoms with Crippen LogP contribution in [0.4, 0.5) is 0 Å². The molecule has 2 aliphatic rings. The van der Waals surface area contributed by atoms with Crippen molar-refractivity contribution in [2.75, 3.05) is 39.2 Å². The molecule has 28 heavy (non-hydrogen) atoms. The van der Waals surface area contributed by atoms with Crippen molar-refractivity contribution >= 4 is 21.8 Å². The van der Waals surface area contributed by atoms with E-state index in [1.807, 2.05) is 6.26 Å². The van der Waals surface area contributed by atoms with Crippen LogP contribution >= 0.6 is 11.8 Å². The quantitative estimate of drug-likeness (QED) is 0.654. The van der Waals surface area contributed by atoms with E-state index in [4.69, 9.17) is 9.47 Å². The summed E-state index contributed by atoms with van der Waals surface area (Å²) >= 11 is 1.54. The van der Waals surface area contributed by atoms with Gasteiger partial charge in [-0.2, -0.15) is 4.31 Å². The highest BCUT2D eigenvalue weighted by atomic mass is 32.2. The number of ether oxygens (including phenoxy) is 2. The fourth-order valence-corrected chi connectivity index (χ4v) is 5.43. The summed E-state index contributed by atoms with van der Waals surface area (Å²) < 4.78 is 40.1. The molecule has 2 fully saturated rings. The van der Waals surface area contributed by atoms with Crippen molar-refractivity contribution in [3.8, 4) is 11.4 Å². The summed E-state index contributed by atoms with van der Waals surface area (Å²) in [7, 11) is -3.50. The second-order valence-corrected chi connectivity index (χ2v) is 9.51. The summed E-state index contributed by atoms with van der Waals surface area (Å²) in [6, 6.07) is 6.88. The van der Waals surface area contributed by atoms with Gasteiger partial charge in [0.05, 0.1) is 30.8 Å². The van der Waals surface area contributed by atoms with Gasteiger partial charge in [-0.1, -0.05) is 11.8 Å². The monoisotopic (exact) mass is 424 g/mol. The van der Waals surface area contributed by atoms with Crippen molar-refractivity contribution in [2.24, 2.45) is 0 Å². The largest absolute Gasteiger partial charge is 0.379 e. The Labute approximate surface area is 169 Å². The lowest BCUT2D eigenvalue weighted by Crippen LogP contribution is -2.40. The molecule has 1 atom stereocenters. The molecule has 0 amide bonds. The maximum Gasteiger partial charge on any atom is 0.243 e. The smallest absolute Gasteiger partial charge is 0.243 e. The van der Waals surface area contributed by atoms with Crippen molar-refractivity contribution in [3.05, 3.63) is 24.3 Å². The zero-order chi connectivity index (χ0) is 19.6. The first kappa shape index (κ1) is 19.8. The Morgan fingerprint density at radius 3 is 2.54 bits per heavy atom. The first-order valence-corrected chi connectivity index (χ1v) is 12.0. The predicted octanol–water partition coefficient (Wildman–Crippen LogP) is 1.87. The molecule has 0 N–H and O–H groups in total. The molecular weight excluding hydrogens is 400 g/mol. The second kappa shape index (κ2) is 8.50. The summed E-state index contributed by atoms with van der Waals surface area (Å²) in [6.07, 6.45) is 4.24. The highest BCUT2D eigenvalue weighted by Gasteiger charge is 2.27. The number of nitrogens with zero attached hydrogens (tertiary/aromatic N) is 4. The Bertz CT molecular complexity index is 902. The molecule has 0 bridgehead atoms. The van der Waals surface area contributed by atoms with Gasteiger partial charge < -0.3 is 9.47 Å². The van der Waals surface area contributed by atoms with E-state index in [1.165, 1.54) is 16.1 Å². The topological polar surface area (TPSA) is 86.5 Å². The van der Waals surface area contributed by atoms with Crippen LogP contribution in [0.15, 0.2) is 34.3 Å². The summed E-state index contributed by atoms with van der Waals surface area (Å²) in [5, 5.41) is 9.45. The normalized spacial score (nSPS) is 21.2. The molecule has 0 spiro atoms. The maximum absolute atomic E-state index is 12.8. The number of sulfonamides is 1. The van der Waals surface area contributed by atoms with Crippen LogP contribution in [0.25, 0.3) is 11.4 Å². The Balaban J connectivity index is 1.59. The van der Waals surface area contributed by atoms with Crippen LogP contribution in [0.2, 0.25) is 0 Å². The Kier molecular flexibility index (Phi) is 6.02. The van der Waals surface area contributed by atoms with Gasteiger partial charge >= 0.3 is 0 Å². The molecule has 2 saturated heterocycles. The van der Waals surface area contributed by atoms with Crippen molar-refractivity contribution < 1.29 is 17.9 Å². The number of rotatable bonds is 6. The molecule has 152 valence electrons. The zero-order valence-corrected chi connectivity index (χ0v) is 17.4. The van der Waals surface area contributed by atoms with Gasteiger partial charge in [0.15, 0.2) is 11.0 Å². The molecule has 4 rings (SSSR count). The highest BCUT2D eigenvalue weighted by molar-refractivity contribution is 7.98. The third-order valence-corrected chi connectivity index (χ3v) is 7.61. The number of morpholine rings is 1. The summed E-state index contributed by atoms with van der Waals surface area (Å²) in [5.74, 6) is 0.732. The van der Waals surface area contributed by atoms with Crippen molar-refractivity contribution in [2.45, 2.75) is 35.5 Å². The zero-order valence-electron chi connectivity index (χ0n) is 15.8. The second-order valence-electron chi connectivity index (χ2n) is 6.80. The van der Waals surface area contributed by atoms with Crippen molar-refractivity contribution in [1.82, 2.24) is 19.1 Å². The first-order valence-electron chi connectivity index (χ1n) is 9.37. The van der Waals surface area contributed by atoms with E-state index < -0.39 is 10.0 Å². The van der Waals surface area contributed by atoms with Crippen LogP contribution in [0.1, 0.15) is 12.8 Å². The lowest BCUT2D eigenvalue weighted by atomic mass is 10.2. The van der Waals surface area contributed by atoms with Gasteiger partial charge in [0.1, 0.15) is 0 Å². The van der Waals surface area contributed by atoms with Crippen LogP contribution < -0.4 is 0 Å². The SMILES string of the molecule is CSc1nnc(-c2ccc(S(=O)(=O)N3CCOCC3)cc2)n1C[C@@H]1CCCO1. The standard InChI is InChI=1S/C18H24N4O4S2/c1-27-18-20-19-17(22(18)13-15-3-2-10-26-15)14-4-6-16(7-5-14)28(23,24)21-8-11-25-12-9-21/h4-7,15H,2-3,8-13H2,1H3/t15-/m0/s1. The van der Waals surface area contributed by atoms with Crippen LogP contribution in [0, 0.1) is 0 Å². The summed E-state index contributed by atoms with van der Waals surface area (Å²) in [5.41, 5.74) is 0.840. The Morgan fingerprint density at radius 2 is 1.89 bits per heavy atom. The minimum atomic E-state index is -3.50. The average Bonchev–Trinajstić information content (AvgIpc) is 3.39. The molecule has 0 radical (unpaired) electrons. The first-order chi connectivity index (χ1) is 13.6. The van der Waals surface area contributed by atoms with E-state index in [2.05, 4.69) is 14.8 Å². The van der Waals surface area contributed by atoms with E-state index >= 15 is 0 Å². The average molecular weight is 425 g/mol. The van der Waals surface area contributed by atoms with Crippen LogP contribution in [-0.2, 0) is 26.0 Å². The van der Waals surface area contributed by atoms with Gasteiger partial charge in [-0.25, -0.2) is 8.42 Å². The van der Waals surface area contributed by atoms with Gasteiger partial charge in [-0.15, -0.1) is 10.2 Å². The third kappa shape index (κ3) is 3.97.